The fourth-order valence-electron chi connectivity index (χ4n) is 1.79. The Balaban J connectivity index is 1.89. The van der Waals surface area contributed by atoms with Crippen molar-refractivity contribution in [2.45, 2.75) is 26.4 Å². The summed E-state index contributed by atoms with van der Waals surface area (Å²) in [5.41, 5.74) is 2.78. The maximum Gasteiger partial charge on any atom is 0.120 e. The first-order valence-electron chi connectivity index (χ1n) is 5.66. The van der Waals surface area contributed by atoms with Crippen molar-refractivity contribution < 1.29 is 0 Å². The lowest BCUT2D eigenvalue weighted by molar-refractivity contribution is 0.665. The van der Waals surface area contributed by atoms with E-state index in [1.165, 1.54) is 11.1 Å². The van der Waals surface area contributed by atoms with Crippen molar-refractivity contribution in [2.75, 3.05) is 0 Å². The second-order valence-corrected chi connectivity index (χ2v) is 3.76. The number of aromatic amines is 1. The minimum atomic E-state index is 0.783. The number of rotatable bonds is 5. The SMILES string of the molecule is CCc1ccccc1CNCc1ncc[nH]1. The number of benzene rings is 1. The van der Waals surface area contributed by atoms with E-state index in [9.17, 15) is 0 Å². The van der Waals surface area contributed by atoms with Crippen LogP contribution in [0.3, 0.4) is 0 Å². The maximum absolute atomic E-state index is 4.17. The summed E-state index contributed by atoms with van der Waals surface area (Å²) in [6.45, 7) is 3.86. The molecule has 0 bridgehead atoms. The average Bonchev–Trinajstić information content (AvgIpc) is 2.83. The van der Waals surface area contributed by atoms with Crippen LogP contribution in [0.5, 0.6) is 0 Å². The molecule has 0 radical (unpaired) electrons. The second kappa shape index (κ2) is 5.47. The summed E-state index contributed by atoms with van der Waals surface area (Å²) < 4.78 is 0. The van der Waals surface area contributed by atoms with E-state index in [1.807, 2.05) is 6.20 Å². The first kappa shape index (κ1) is 10.9. The van der Waals surface area contributed by atoms with Gasteiger partial charge >= 0.3 is 0 Å². The predicted octanol–water partition coefficient (Wildman–Crippen LogP) is 2.26. The minimum absolute atomic E-state index is 0.783. The molecule has 2 aromatic rings. The van der Waals surface area contributed by atoms with Gasteiger partial charge in [0.25, 0.3) is 0 Å². The van der Waals surface area contributed by atoms with Gasteiger partial charge in [-0.3, -0.25) is 0 Å². The summed E-state index contributed by atoms with van der Waals surface area (Å²) in [5.74, 6) is 0.981. The predicted molar refractivity (Wildman–Crippen MR) is 65.0 cm³/mol. The van der Waals surface area contributed by atoms with E-state index in [-0.39, 0.29) is 0 Å². The van der Waals surface area contributed by atoms with Gasteiger partial charge < -0.3 is 10.3 Å². The molecule has 1 aromatic heterocycles. The quantitative estimate of drug-likeness (QED) is 0.803. The third-order valence-corrected chi connectivity index (χ3v) is 2.66. The molecule has 2 rings (SSSR count). The number of hydrogen-bond acceptors (Lipinski definition) is 2. The van der Waals surface area contributed by atoms with Crippen LogP contribution >= 0.6 is 0 Å². The Morgan fingerprint density at radius 2 is 2.00 bits per heavy atom. The first-order chi connectivity index (χ1) is 7.90. The minimum Gasteiger partial charge on any atom is -0.348 e. The Kier molecular flexibility index (Phi) is 3.72. The van der Waals surface area contributed by atoms with Gasteiger partial charge in [-0.25, -0.2) is 4.98 Å². The first-order valence-corrected chi connectivity index (χ1v) is 5.66. The van der Waals surface area contributed by atoms with E-state index in [2.05, 4.69) is 46.5 Å². The van der Waals surface area contributed by atoms with Crippen LogP contribution < -0.4 is 5.32 Å². The Bertz CT molecular complexity index is 421. The van der Waals surface area contributed by atoms with E-state index < -0.39 is 0 Å². The Morgan fingerprint density at radius 3 is 2.69 bits per heavy atom. The molecule has 3 heteroatoms. The lowest BCUT2D eigenvalue weighted by atomic mass is 10.1. The van der Waals surface area contributed by atoms with E-state index in [0.717, 1.165) is 25.3 Å². The molecule has 1 aromatic carbocycles. The number of hydrogen-bond donors (Lipinski definition) is 2. The molecule has 3 nitrogen and oxygen atoms in total. The van der Waals surface area contributed by atoms with Crippen molar-refractivity contribution in [3.63, 3.8) is 0 Å². The molecule has 0 fully saturated rings. The van der Waals surface area contributed by atoms with Gasteiger partial charge in [0, 0.05) is 18.9 Å². The lowest BCUT2D eigenvalue weighted by Gasteiger charge is -2.08. The zero-order valence-corrected chi connectivity index (χ0v) is 9.53. The van der Waals surface area contributed by atoms with Crippen LogP contribution in [0.4, 0.5) is 0 Å². The van der Waals surface area contributed by atoms with Gasteiger partial charge in [-0.2, -0.15) is 0 Å². The van der Waals surface area contributed by atoms with E-state index in [0.29, 0.717) is 0 Å². The van der Waals surface area contributed by atoms with Gasteiger partial charge in [-0.15, -0.1) is 0 Å². The van der Waals surface area contributed by atoms with Gasteiger partial charge in [-0.05, 0) is 17.5 Å². The van der Waals surface area contributed by atoms with Crippen LogP contribution in [0.25, 0.3) is 0 Å². The molecule has 0 saturated carbocycles. The third-order valence-electron chi connectivity index (χ3n) is 2.66. The number of aromatic nitrogens is 2. The smallest absolute Gasteiger partial charge is 0.120 e. The number of nitrogens with one attached hydrogen (secondary N) is 2. The van der Waals surface area contributed by atoms with Crippen LogP contribution in [0.2, 0.25) is 0 Å². The molecule has 0 aliphatic rings. The highest BCUT2D eigenvalue weighted by Gasteiger charge is 1.99. The molecule has 0 spiro atoms. The molecule has 2 N–H and O–H groups in total. The van der Waals surface area contributed by atoms with Crippen molar-refractivity contribution >= 4 is 0 Å². The molecule has 1 heterocycles. The number of imidazole rings is 1. The molecule has 84 valence electrons. The Labute approximate surface area is 95.9 Å². The molecule has 0 aliphatic carbocycles. The van der Waals surface area contributed by atoms with Crippen LogP contribution in [0, 0.1) is 0 Å². The largest absolute Gasteiger partial charge is 0.348 e. The fraction of sp³-hybridized carbons (Fsp3) is 0.308. The fourth-order valence-corrected chi connectivity index (χ4v) is 1.79. The number of nitrogens with zero attached hydrogens (tertiary/aromatic N) is 1. The van der Waals surface area contributed by atoms with Gasteiger partial charge in [0.1, 0.15) is 5.82 Å². The molecule has 0 unspecified atom stereocenters. The molecule has 0 aliphatic heterocycles. The zero-order chi connectivity index (χ0) is 11.2. The lowest BCUT2D eigenvalue weighted by Crippen LogP contribution is -2.14. The molecule has 0 saturated heterocycles. The summed E-state index contributed by atoms with van der Waals surface area (Å²) in [4.78, 5) is 7.25. The van der Waals surface area contributed by atoms with Crippen LogP contribution in [0.15, 0.2) is 36.7 Å². The van der Waals surface area contributed by atoms with Crippen molar-refractivity contribution in [3.05, 3.63) is 53.6 Å². The molecular weight excluding hydrogens is 198 g/mol. The van der Waals surface area contributed by atoms with Crippen LogP contribution in [-0.4, -0.2) is 9.97 Å². The van der Waals surface area contributed by atoms with Crippen molar-refractivity contribution in [3.8, 4) is 0 Å². The molecule has 0 amide bonds. The summed E-state index contributed by atoms with van der Waals surface area (Å²) in [5, 5.41) is 3.39. The highest BCUT2D eigenvalue weighted by Crippen LogP contribution is 2.08. The van der Waals surface area contributed by atoms with Crippen LogP contribution in [0.1, 0.15) is 23.9 Å². The van der Waals surface area contributed by atoms with E-state index in [1.54, 1.807) is 6.20 Å². The maximum atomic E-state index is 4.17. The van der Waals surface area contributed by atoms with Crippen molar-refractivity contribution in [1.82, 2.24) is 15.3 Å². The van der Waals surface area contributed by atoms with E-state index in [4.69, 9.17) is 0 Å². The number of aryl methyl sites for hydroxylation is 1. The van der Waals surface area contributed by atoms with Crippen LogP contribution in [-0.2, 0) is 19.5 Å². The van der Waals surface area contributed by atoms with Gasteiger partial charge in [0.05, 0.1) is 6.54 Å². The van der Waals surface area contributed by atoms with E-state index >= 15 is 0 Å². The monoisotopic (exact) mass is 215 g/mol. The highest BCUT2D eigenvalue weighted by molar-refractivity contribution is 5.26. The Hall–Kier alpha value is -1.61. The summed E-state index contributed by atoms with van der Waals surface area (Å²) >= 11 is 0. The normalized spacial score (nSPS) is 10.6. The second-order valence-electron chi connectivity index (χ2n) is 3.76. The standard InChI is InChI=1S/C13H17N3/c1-2-11-5-3-4-6-12(11)9-14-10-13-15-7-8-16-13/h3-8,14H,2,9-10H2,1H3,(H,15,16). The Morgan fingerprint density at radius 1 is 1.19 bits per heavy atom. The third kappa shape index (κ3) is 2.70. The van der Waals surface area contributed by atoms with Crippen molar-refractivity contribution in [1.29, 1.82) is 0 Å². The van der Waals surface area contributed by atoms with Gasteiger partial charge in [-0.1, -0.05) is 31.2 Å². The topological polar surface area (TPSA) is 40.7 Å². The van der Waals surface area contributed by atoms with Gasteiger partial charge in [0.15, 0.2) is 0 Å². The van der Waals surface area contributed by atoms with Crippen molar-refractivity contribution in [2.24, 2.45) is 0 Å². The molecular formula is C13H17N3. The average molecular weight is 215 g/mol. The molecule has 0 atom stereocenters. The highest BCUT2D eigenvalue weighted by atomic mass is 15.0. The summed E-state index contributed by atoms with van der Waals surface area (Å²) in [6.07, 6.45) is 4.70. The summed E-state index contributed by atoms with van der Waals surface area (Å²) in [7, 11) is 0. The number of H-pyrrole nitrogens is 1. The molecule has 16 heavy (non-hydrogen) atoms. The summed E-state index contributed by atoms with van der Waals surface area (Å²) in [6, 6.07) is 8.54. The van der Waals surface area contributed by atoms with Gasteiger partial charge in [0.2, 0.25) is 0 Å². The zero-order valence-electron chi connectivity index (χ0n) is 9.53.